The molecule has 0 bridgehead atoms. The van der Waals surface area contributed by atoms with Crippen LogP contribution in [0, 0.1) is 5.92 Å². The number of fused-ring (bicyclic) bond motifs is 1. The van der Waals surface area contributed by atoms with Crippen molar-refractivity contribution in [2.75, 3.05) is 13.2 Å². The average molecular weight is 531 g/mol. The molecular formula is C27H29Cl2N3O2S. The summed E-state index contributed by atoms with van der Waals surface area (Å²) < 4.78 is 0. The predicted molar refractivity (Wildman–Crippen MR) is 144 cm³/mol. The van der Waals surface area contributed by atoms with E-state index in [-0.39, 0.29) is 30.5 Å². The lowest BCUT2D eigenvalue weighted by Crippen LogP contribution is -2.39. The second-order valence-electron chi connectivity index (χ2n) is 9.82. The zero-order valence-electron chi connectivity index (χ0n) is 20.0. The standard InChI is InChI=1S/C27H29Cl2N3O2S/c1-16(2)22-23(25(34)31-14-4-5-21(31)15-33)35-26-30-27(3,18-8-12-20(29)13-9-18)24(32(22)26)17-6-10-19(28)11-7-17/h6-13,16,21,24,33H,4-5,14-15H2,1-3H3/t21-,24+,27-/m0/s1. The van der Waals surface area contributed by atoms with Crippen LogP contribution >= 0.6 is 35.0 Å². The van der Waals surface area contributed by atoms with E-state index >= 15 is 0 Å². The third kappa shape index (κ3) is 4.18. The Hall–Kier alpha value is -1.99. The first-order valence-corrected chi connectivity index (χ1v) is 13.6. The minimum Gasteiger partial charge on any atom is -0.394 e. The van der Waals surface area contributed by atoms with Crippen LogP contribution in [0.15, 0.2) is 64.1 Å². The molecule has 5 rings (SSSR count). The lowest BCUT2D eigenvalue weighted by Gasteiger charge is -2.37. The number of aliphatic hydroxyl groups excluding tert-OH is 1. The molecule has 2 aromatic carbocycles. The quantitative estimate of drug-likeness (QED) is 0.499. The van der Waals surface area contributed by atoms with Crippen molar-refractivity contribution in [2.45, 2.75) is 51.2 Å². The van der Waals surface area contributed by atoms with Gasteiger partial charge >= 0.3 is 0 Å². The Balaban J connectivity index is 1.63. The highest BCUT2D eigenvalue weighted by Crippen LogP contribution is 2.56. The number of hydrogen-bond acceptors (Lipinski definition) is 5. The number of aliphatic imine (C=N–C) groups is 1. The summed E-state index contributed by atoms with van der Waals surface area (Å²) in [6.45, 7) is 7.05. The number of carbonyl (C=O) groups is 1. The Morgan fingerprint density at radius 3 is 2.37 bits per heavy atom. The lowest BCUT2D eigenvalue weighted by atomic mass is 9.81. The minimum atomic E-state index is -0.587. The number of allylic oxidation sites excluding steroid dienone is 1. The summed E-state index contributed by atoms with van der Waals surface area (Å²) in [5.41, 5.74) is 2.53. The van der Waals surface area contributed by atoms with Gasteiger partial charge in [0.2, 0.25) is 0 Å². The number of amidine groups is 1. The first-order valence-electron chi connectivity index (χ1n) is 12.0. The molecule has 1 amide bonds. The molecule has 2 aromatic rings. The molecule has 0 aromatic heterocycles. The Labute approximate surface area is 220 Å². The third-order valence-electron chi connectivity index (χ3n) is 7.21. The number of carbonyl (C=O) groups excluding carboxylic acids is 1. The topological polar surface area (TPSA) is 56.1 Å². The molecule has 3 aliphatic rings. The van der Waals surface area contributed by atoms with E-state index in [2.05, 4.69) is 25.7 Å². The van der Waals surface area contributed by atoms with E-state index in [9.17, 15) is 9.90 Å². The number of aliphatic hydroxyl groups is 1. The van der Waals surface area contributed by atoms with E-state index in [1.807, 2.05) is 53.4 Å². The molecule has 1 N–H and O–H groups in total. The zero-order valence-corrected chi connectivity index (χ0v) is 22.4. The Morgan fingerprint density at radius 2 is 1.77 bits per heavy atom. The van der Waals surface area contributed by atoms with Gasteiger partial charge in [0.25, 0.3) is 5.91 Å². The van der Waals surface area contributed by atoms with Crippen molar-refractivity contribution in [3.8, 4) is 0 Å². The highest BCUT2D eigenvalue weighted by molar-refractivity contribution is 8.18. The number of rotatable bonds is 5. The fourth-order valence-electron chi connectivity index (χ4n) is 5.49. The molecule has 0 saturated carbocycles. The van der Waals surface area contributed by atoms with Crippen molar-refractivity contribution in [3.63, 3.8) is 0 Å². The molecule has 35 heavy (non-hydrogen) atoms. The van der Waals surface area contributed by atoms with E-state index < -0.39 is 5.54 Å². The van der Waals surface area contributed by atoms with Crippen molar-refractivity contribution in [1.29, 1.82) is 0 Å². The van der Waals surface area contributed by atoms with Gasteiger partial charge in [-0.05, 0) is 72.8 Å². The van der Waals surface area contributed by atoms with Crippen LogP contribution in [-0.4, -0.2) is 45.2 Å². The molecule has 5 nitrogen and oxygen atoms in total. The van der Waals surface area contributed by atoms with Gasteiger partial charge in [0.15, 0.2) is 5.17 Å². The summed E-state index contributed by atoms with van der Waals surface area (Å²) in [6.07, 6.45) is 1.75. The number of benzene rings is 2. The van der Waals surface area contributed by atoms with E-state index in [0.717, 1.165) is 39.7 Å². The van der Waals surface area contributed by atoms with Crippen LogP contribution in [0.3, 0.4) is 0 Å². The summed E-state index contributed by atoms with van der Waals surface area (Å²) in [5.74, 6) is 0.0992. The van der Waals surface area contributed by atoms with Gasteiger partial charge in [0.1, 0.15) is 10.4 Å². The zero-order chi connectivity index (χ0) is 24.9. The first kappa shape index (κ1) is 24.7. The van der Waals surface area contributed by atoms with Gasteiger partial charge in [-0.1, -0.05) is 61.3 Å². The van der Waals surface area contributed by atoms with Gasteiger partial charge in [0.05, 0.1) is 18.7 Å². The highest BCUT2D eigenvalue weighted by atomic mass is 35.5. The maximum Gasteiger partial charge on any atom is 0.262 e. The monoisotopic (exact) mass is 529 g/mol. The number of nitrogens with zero attached hydrogens (tertiary/aromatic N) is 3. The molecule has 3 aliphatic heterocycles. The fourth-order valence-corrected chi connectivity index (χ4v) is 7.10. The van der Waals surface area contributed by atoms with Crippen LogP contribution in [0.4, 0.5) is 0 Å². The summed E-state index contributed by atoms with van der Waals surface area (Å²) in [4.78, 5) is 23.8. The van der Waals surface area contributed by atoms with Crippen LogP contribution in [0.5, 0.6) is 0 Å². The highest BCUT2D eigenvalue weighted by Gasteiger charge is 2.53. The number of amides is 1. The Kier molecular flexibility index (Phi) is 6.68. The first-order chi connectivity index (χ1) is 16.7. The molecule has 0 radical (unpaired) electrons. The molecule has 0 unspecified atom stereocenters. The molecule has 1 saturated heterocycles. The largest absolute Gasteiger partial charge is 0.394 e. The van der Waals surface area contributed by atoms with Gasteiger partial charge in [-0.15, -0.1) is 0 Å². The second kappa shape index (κ2) is 9.47. The summed E-state index contributed by atoms with van der Waals surface area (Å²) in [6, 6.07) is 15.5. The number of halogens is 2. The van der Waals surface area contributed by atoms with Crippen molar-refractivity contribution in [3.05, 3.63) is 80.3 Å². The smallest absolute Gasteiger partial charge is 0.262 e. The minimum absolute atomic E-state index is 0.00426. The molecule has 3 heterocycles. The van der Waals surface area contributed by atoms with E-state index in [4.69, 9.17) is 28.2 Å². The van der Waals surface area contributed by atoms with Crippen molar-refractivity contribution in [1.82, 2.24) is 9.80 Å². The molecule has 0 aliphatic carbocycles. The van der Waals surface area contributed by atoms with Crippen molar-refractivity contribution in [2.24, 2.45) is 10.9 Å². The second-order valence-corrected chi connectivity index (χ2v) is 11.7. The fraction of sp³-hybridized carbons (Fsp3) is 0.407. The number of likely N-dealkylation sites (tertiary alicyclic amines) is 1. The van der Waals surface area contributed by atoms with E-state index in [1.54, 1.807) is 0 Å². The van der Waals surface area contributed by atoms with Crippen molar-refractivity contribution < 1.29 is 9.90 Å². The third-order valence-corrected chi connectivity index (χ3v) is 8.78. The SMILES string of the molecule is CC(C)C1=C(C(=O)N2CCC[C@H]2CO)SC2=N[C@@](C)(c3ccc(Cl)cc3)[C@@H](c3ccc(Cl)cc3)N21. The van der Waals surface area contributed by atoms with Crippen LogP contribution in [0.25, 0.3) is 0 Å². The lowest BCUT2D eigenvalue weighted by molar-refractivity contribution is -0.128. The van der Waals surface area contributed by atoms with Gasteiger partial charge in [-0.3, -0.25) is 4.79 Å². The van der Waals surface area contributed by atoms with Gasteiger partial charge in [-0.2, -0.15) is 0 Å². The van der Waals surface area contributed by atoms with Crippen LogP contribution < -0.4 is 0 Å². The van der Waals surface area contributed by atoms with Gasteiger partial charge in [-0.25, -0.2) is 4.99 Å². The Bertz CT molecular complexity index is 1200. The molecule has 184 valence electrons. The Morgan fingerprint density at radius 1 is 1.14 bits per heavy atom. The van der Waals surface area contributed by atoms with E-state index in [1.165, 1.54) is 11.8 Å². The summed E-state index contributed by atoms with van der Waals surface area (Å²) in [5, 5.41) is 12.0. The maximum atomic E-state index is 13.7. The molecule has 0 spiro atoms. The van der Waals surface area contributed by atoms with Crippen LogP contribution in [0.2, 0.25) is 10.0 Å². The summed E-state index contributed by atoms with van der Waals surface area (Å²) in [7, 11) is 0. The van der Waals surface area contributed by atoms with E-state index in [0.29, 0.717) is 16.6 Å². The number of thioether (sulfide) groups is 1. The van der Waals surface area contributed by atoms with Crippen molar-refractivity contribution >= 4 is 46.0 Å². The van der Waals surface area contributed by atoms with Gasteiger partial charge in [0, 0.05) is 22.3 Å². The molecule has 3 atom stereocenters. The molecule has 8 heteroatoms. The molecule has 1 fully saturated rings. The normalized spacial score (nSPS) is 26.1. The number of hydrogen-bond donors (Lipinski definition) is 1. The van der Waals surface area contributed by atoms with Gasteiger partial charge < -0.3 is 14.9 Å². The van der Waals surface area contributed by atoms with Crippen LogP contribution in [-0.2, 0) is 10.3 Å². The summed E-state index contributed by atoms with van der Waals surface area (Å²) >= 11 is 13.9. The predicted octanol–water partition coefficient (Wildman–Crippen LogP) is 6.22. The average Bonchev–Trinajstić information content (AvgIpc) is 3.52. The molecular weight excluding hydrogens is 501 g/mol. The maximum absolute atomic E-state index is 13.7. The van der Waals surface area contributed by atoms with Crippen LogP contribution in [0.1, 0.15) is 50.8 Å².